The van der Waals surface area contributed by atoms with E-state index in [1.165, 1.54) is 6.07 Å². The van der Waals surface area contributed by atoms with Gasteiger partial charge in [0.2, 0.25) is 5.60 Å². The Kier molecular flexibility index (Phi) is 2.90. The monoisotopic (exact) mass is 309 g/mol. The van der Waals surface area contributed by atoms with Gasteiger partial charge in [0, 0.05) is 22.5 Å². The van der Waals surface area contributed by atoms with Crippen molar-refractivity contribution in [2.45, 2.75) is 31.2 Å². The topological polar surface area (TPSA) is 35.2 Å². The van der Waals surface area contributed by atoms with Gasteiger partial charge in [-0.05, 0) is 25.1 Å². The number of hydrogen-bond acceptors (Lipinski definition) is 2. The van der Waals surface area contributed by atoms with Crippen LogP contribution in [0.25, 0.3) is 0 Å². The molecule has 2 atom stereocenters. The molecule has 0 amide bonds. The molecule has 1 aliphatic rings. The van der Waals surface area contributed by atoms with Crippen LogP contribution in [-0.4, -0.2) is 11.8 Å². The number of nitrogens with two attached hydrogens (primary N) is 1. The van der Waals surface area contributed by atoms with Crippen LogP contribution in [0.4, 0.5) is 13.2 Å². The van der Waals surface area contributed by atoms with Gasteiger partial charge in [0.1, 0.15) is 5.75 Å². The number of rotatable bonds is 0. The summed E-state index contributed by atoms with van der Waals surface area (Å²) in [6, 6.07) is 4.15. The number of ether oxygens (including phenoxy) is 1. The molecule has 2 nitrogen and oxygen atoms in total. The highest BCUT2D eigenvalue weighted by Gasteiger charge is 2.56. The van der Waals surface area contributed by atoms with E-state index in [0.29, 0.717) is 5.56 Å². The Labute approximate surface area is 105 Å². The third kappa shape index (κ3) is 2.15. The fraction of sp³-hybridized carbons (Fsp3) is 0.455. The summed E-state index contributed by atoms with van der Waals surface area (Å²) in [6.45, 7) is 1.03. The maximum absolute atomic E-state index is 12.9. The smallest absolute Gasteiger partial charge is 0.428 e. The molecule has 1 heterocycles. The van der Waals surface area contributed by atoms with Gasteiger partial charge >= 0.3 is 6.18 Å². The number of halogens is 4. The van der Waals surface area contributed by atoms with Crippen LogP contribution in [0.15, 0.2) is 22.7 Å². The molecule has 2 N–H and O–H groups in total. The van der Waals surface area contributed by atoms with E-state index in [4.69, 9.17) is 10.5 Å². The van der Waals surface area contributed by atoms with Crippen LogP contribution in [0.2, 0.25) is 0 Å². The van der Waals surface area contributed by atoms with E-state index in [1.807, 2.05) is 0 Å². The van der Waals surface area contributed by atoms with Crippen LogP contribution in [0, 0.1) is 0 Å². The molecule has 0 radical (unpaired) electrons. The second-order valence-electron chi connectivity index (χ2n) is 4.32. The molecular formula is C11H11BrF3NO. The second kappa shape index (κ2) is 3.88. The van der Waals surface area contributed by atoms with Gasteiger partial charge in [-0.2, -0.15) is 13.2 Å². The van der Waals surface area contributed by atoms with Crippen LogP contribution in [-0.2, 0) is 0 Å². The molecule has 0 saturated heterocycles. The molecule has 1 aromatic carbocycles. The average Bonchev–Trinajstić information content (AvgIpc) is 2.17. The number of fused-ring (bicyclic) bond motifs is 1. The van der Waals surface area contributed by atoms with Gasteiger partial charge in [-0.3, -0.25) is 0 Å². The highest BCUT2D eigenvalue weighted by molar-refractivity contribution is 9.10. The lowest BCUT2D eigenvalue weighted by molar-refractivity contribution is -0.248. The summed E-state index contributed by atoms with van der Waals surface area (Å²) in [5.74, 6) is 0.201. The zero-order chi connectivity index (χ0) is 12.8. The van der Waals surface area contributed by atoms with E-state index in [9.17, 15) is 13.2 Å². The number of benzene rings is 1. The minimum Gasteiger partial charge on any atom is -0.478 e. The van der Waals surface area contributed by atoms with Crippen molar-refractivity contribution < 1.29 is 17.9 Å². The van der Waals surface area contributed by atoms with E-state index in [-0.39, 0.29) is 12.2 Å². The Balaban J connectivity index is 2.44. The van der Waals surface area contributed by atoms with Crippen molar-refractivity contribution in [2.75, 3.05) is 0 Å². The average molecular weight is 310 g/mol. The predicted octanol–water partition coefficient (Wildman–Crippen LogP) is 3.55. The Bertz CT molecular complexity index is 449. The maximum atomic E-state index is 12.9. The Morgan fingerprint density at radius 1 is 1.47 bits per heavy atom. The molecule has 1 aromatic rings. The third-order valence-corrected chi connectivity index (χ3v) is 3.41. The fourth-order valence-corrected chi connectivity index (χ4v) is 2.27. The van der Waals surface area contributed by atoms with Gasteiger partial charge in [0.25, 0.3) is 0 Å². The standard InChI is InChI=1S/C11H11BrF3NO/c1-10(11(13,14)15)5-8(16)7-4-6(12)2-3-9(7)17-10/h2-4,8H,5,16H2,1H3. The molecule has 0 aliphatic carbocycles. The summed E-state index contributed by atoms with van der Waals surface area (Å²) < 4.78 is 44.5. The van der Waals surface area contributed by atoms with Crippen LogP contribution in [0.3, 0.4) is 0 Å². The van der Waals surface area contributed by atoms with Gasteiger partial charge in [-0.15, -0.1) is 0 Å². The maximum Gasteiger partial charge on any atom is 0.428 e. The minimum atomic E-state index is -4.44. The second-order valence-corrected chi connectivity index (χ2v) is 5.24. The van der Waals surface area contributed by atoms with Crippen molar-refractivity contribution in [2.24, 2.45) is 5.73 Å². The molecular weight excluding hydrogens is 299 g/mol. The Hall–Kier alpha value is -0.750. The van der Waals surface area contributed by atoms with Crippen LogP contribution < -0.4 is 10.5 Å². The lowest BCUT2D eigenvalue weighted by atomic mass is 9.88. The van der Waals surface area contributed by atoms with E-state index in [0.717, 1.165) is 11.4 Å². The van der Waals surface area contributed by atoms with E-state index in [1.54, 1.807) is 12.1 Å². The van der Waals surface area contributed by atoms with Gasteiger partial charge in [0.05, 0.1) is 0 Å². The lowest BCUT2D eigenvalue weighted by Crippen LogP contribution is -2.51. The van der Waals surface area contributed by atoms with Crippen molar-refractivity contribution in [3.8, 4) is 5.75 Å². The van der Waals surface area contributed by atoms with Crippen LogP contribution in [0.5, 0.6) is 5.75 Å². The summed E-state index contributed by atoms with van der Waals surface area (Å²) in [4.78, 5) is 0. The molecule has 1 aliphatic heterocycles. The summed E-state index contributed by atoms with van der Waals surface area (Å²) in [5, 5.41) is 0. The third-order valence-electron chi connectivity index (χ3n) is 2.92. The van der Waals surface area contributed by atoms with Gasteiger partial charge < -0.3 is 10.5 Å². The molecule has 94 valence electrons. The predicted molar refractivity (Wildman–Crippen MR) is 60.8 cm³/mol. The summed E-state index contributed by atoms with van der Waals surface area (Å²) in [6.07, 6.45) is -4.71. The summed E-state index contributed by atoms with van der Waals surface area (Å²) in [5.41, 5.74) is 4.17. The Morgan fingerprint density at radius 2 is 2.12 bits per heavy atom. The van der Waals surface area contributed by atoms with E-state index >= 15 is 0 Å². The minimum absolute atomic E-state index is 0.201. The largest absolute Gasteiger partial charge is 0.478 e. The quantitative estimate of drug-likeness (QED) is 0.795. The first-order valence-electron chi connectivity index (χ1n) is 5.04. The fourth-order valence-electron chi connectivity index (χ4n) is 1.89. The first-order valence-corrected chi connectivity index (χ1v) is 5.83. The zero-order valence-corrected chi connectivity index (χ0v) is 10.6. The molecule has 17 heavy (non-hydrogen) atoms. The first-order chi connectivity index (χ1) is 7.73. The van der Waals surface area contributed by atoms with Crippen molar-refractivity contribution in [1.82, 2.24) is 0 Å². The number of hydrogen-bond donors (Lipinski definition) is 1. The summed E-state index contributed by atoms with van der Waals surface area (Å²) >= 11 is 3.25. The first kappa shape index (κ1) is 12.7. The summed E-state index contributed by atoms with van der Waals surface area (Å²) in [7, 11) is 0. The number of alkyl halides is 3. The van der Waals surface area contributed by atoms with Gasteiger partial charge in [-0.25, -0.2) is 0 Å². The molecule has 0 fully saturated rings. The molecule has 6 heteroatoms. The zero-order valence-electron chi connectivity index (χ0n) is 9.01. The van der Waals surface area contributed by atoms with Crippen molar-refractivity contribution >= 4 is 15.9 Å². The highest BCUT2D eigenvalue weighted by Crippen LogP contribution is 2.46. The van der Waals surface area contributed by atoms with Crippen molar-refractivity contribution in [3.63, 3.8) is 0 Å². The SMILES string of the molecule is CC1(C(F)(F)F)CC(N)c2cc(Br)ccc2O1. The van der Waals surface area contributed by atoms with Crippen molar-refractivity contribution in [3.05, 3.63) is 28.2 Å². The van der Waals surface area contributed by atoms with Gasteiger partial charge in [0.15, 0.2) is 0 Å². The molecule has 0 spiro atoms. The van der Waals surface area contributed by atoms with Crippen LogP contribution >= 0.6 is 15.9 Å². The van der Waals surface area contributed by atoms with E-state index < -0.39 is 17.8 Å². The highest BCUT2D eigenvalue weighted by atomic mass is 79.9. The Morgan fingerprint density at radius 3 is 2.71 bits per heavy atom. The van der Waals surface area contributed by atoms with E-state index in [2.05, 4.69) is 15.9 Å². The molecule has 2 rings (SSSR count). The molecule has 0 saturated carbocycles. The van der Waals surface area contributed by atoms with Crippen LogP contribution in [0.1, 0.15) is 24.9 Å². The lowest BCUT2D eigenvalue weighted by Gasteiger charge is -2.39. The van der Waals surface area contributed by atoms with Gasteiger partial charge in [-0.1, -0.05) is 15.9 Å². The van der Waals surface area contributed by atoms with Crippen molar-refractivity contribution in [1.29, 1.82) is 0 Å². The molecule has 2 unspecified atom stereocenters. The normalized spacial score (nSPS) is 28.5. The molecule has 0 aromatic heterocycles. The molecule has 0 bridgehead atoms.